The lowest BCUT2D eigenvalue weighted by Gasteiger charge is -2.07. The van der Waals surface area contributed by atoms with Crippen LogP contribution in [0.25, 0.3) is 22.6 Å². The van der Waals surface area contributed by atoms with Gasteiger partial charge < -0.3 is 4.42 Å². The van der Waals surface area contributed by atoms with Crippen LogP contribution in [0.4, 0.5) is 0 Å². The van der Waals surface area contributed by atoms with Gasteiger partial charge in [-0.25, -0.2) is 4.98 Å². The van der Waals surface area contributed by atoms with Crippen LogP contribution in [-0.4, -0.2) is 11.3 Å². The van der Waals surface area contributed by atoms with E-state index in [-0.39, 0.29) is 0 Å². The molecule has 1 aliphatic rings. The number of aromatic nitrogens is 1. The normalized spacial score (nSPS) is 12.6. The number of carbonyl (C=O) groups is 1. The summed E-state index contributed by atoms with van der Waals surface area (Å²) < 4.78 is 5.85. The van der Waals surface area contributed by atoms with Gasteiger partial charge in [0, 0.05) is 17.0 Å². The van der Waals surface area contributed by atoms with Crippen LogP contribution in [0.15, 0.2) is 53.1 Å². The number of hydrogen-bond acceptors (Lipinski definition) is 4. The highest BCUT2D eigenvalue weighted by molar-refractivity contribution is 5.84. The lowest BCUT2D eigenvalue weighted by Crippen LogP contribution is -1.89. The molecule has 4 rings (SSSR count). The zero-order valence-electron chi connectivity index (χ0n) is 15.6. The van der Waals surface area contributed by atoms with E-state index < -0.39 is 0 Å². The average molecular weight is 358 g/mol. The van der Waals surface area contributed by atoms with Crippen molar-refractivity contribution >= 4 is 6.29 Å². The van der Waals surface area contributed by atoms with Crippen molar-refractivity contribution in [2.45, 2.75) is 39.0 Å². The summed E-state index contributed by atoms with van der Waals surface area (Å²) in [5, 5.41) is 9.31. The summed E-state index contributed by atoms with van der Waals surface area (Å²) in [5.41, 5.74) is 3.44. The van der Waals surface area contributed by atoms with Gasteiger partial charge in [0.05, 0.1) is 17.8 Å². The quantitative estimate of drug-likeness (QED) is 0.538. The summed E-state index contributed by atoms with van der Waals surface area (Å²) in [6, 6.07) is 15.0. The van der Waals surface area contributed by atoms with Crippen molar-refractivity contribution in [2.75, 3.05) is 0 Å². The third kappa shape index (κ3) is 4.32. The average Bonchev–Trinajstić information content (AvgIpc) is 3.44. The Labute approximate surface area is 159 Å². The second-order valence-electron chi connectivity index (χ2n) is 6.67. The van der Waals surface area contributed by atoms with Crippen molar-refractivity contribution in [3.63, 3.8) is 0 Å². The predicted molar refractivity (Wildman–Crippen MR) is 105 cm³/mol. The second kappa shape index (κ2) is 8.46. The Morgan fingerprint density at radius 3 is 2.56 bits per heavy atom. The van der Waals surface area contributed by atoms with Crippen molar-refractivity contribution < 1.29 is 9.21 Å². The van der Waals surface area contributed by atoms with Gasteiger partial charge in [0.25, 0.3) is 0 Å². The van der Waals surface area contributed by atoms with Crippen LogP contribution in [-0.2, 0) is 0 Å². The number of rotatable bonds is 4. The molecular formula is C23H22N2O2. The van der Waals surface area contributed by atoms with Crippen molar-refractivity contribution in [1.82, 2.24) is 4.98 Å². The summed E-state index contributed by atoms with van der Waals surface area (Å²) >= 11 is 0. The highest BCUT2D eigenvalue weighted by Crippen LogP contribution is 2.41. The number of nitriles is 1. The van der Waals surface area contributed by atoms with Gasteiger partial charge in [-0.1, -0.05) is 38.5 Å². The van der Waals surface area contributed by atoms with Crippen LogP contribution in [0, 0.1) is 11.3 Å². The van der Waals surface area contributed by atoms with Crippen LogP contribution >= 0.6 is 0 Å². The minimum atomic E-state index is 0.485. The fourth-order valence-corrected chi connectivity index (χ4v) is 2.81. The Hall–Kier alpha value is -3.19. The first-order chi connectivity index (χ1) is 13.2. The van der Waals surface area contributed by atoms with Gasteiger partial charge >= 0.3 is 0 Å². The van der Waals surface area contributed by atoms with E-state index in [2.05, 4.69) is 24.9 Å². The summed E-state index contributed by atoms with van der Waals surface area (Å²) in [6.07, 6.45) is 6.10. The standard InChI is InChI=1S/C20H14N2O2.C3H8/c21-10-15-3-1-2-4-18(15)16-7-13(12-23)8-17(9-16)20-22-11-19(24-20)14-5-6-14;1-3-2/h1-4,7-9,11-12,14H,5-6H2;3H2,1-2H3. The van der Waals surface area contributed by atoms with Crippen molar-refractivity contribution in [2.24, 2.45) is 0 Å². The second-order valence-corrected chi connectivity index (χ2v) is 6.67. The summed E-state index contributed by atoms with van der Waals surface area (Å²) in [6.45, 7) is 4.25. The van der Waals surface area contributed by atoms with Crippen molar-refractivity contribution in [3.8, 4) is 28.7 Å². The molecule has 1 saturated carbocycles. The Morgan fingerprint density at radius 1 is 1.19 bits per heavy atom. The first-order valence-corrected chi connectivity index (χ1v) is 9.26. The van der Waals surface area contributed by atoms with Gasteiger partial charge in [0.1, 0.15) is 12.0 Å². The molecule has 0 N–H and O–H groups in total. The molecule has 1 fully saturated rings. The minimum absolute atomic E-state index is 0.485. The predicted octanol–water partition coefficient (Wildman–Crippen LogP) is 5.99. The molecule has 0 atom stereocenters. The molecule has 0 amide bonds. The van der Waals surface area contributed by atoms with Crippen LogP contribution < -0.4 is 0 Å². The molecule has 4 nitrogen and oxygen atoms in total. The maximum absolute atomic E-state index is 11.3. The van der Waals surface area contributed by atoms with Gasteiger partial charge in [-0.2, -0.15) is 5.26 Å². The van der Waals surface area contributed by atoms with Crippen LogP contribution in [0.2, 0.25) is 0 Å². The molecule has 1 aliphatic carbocycles. The van der Waals surface area contributed by atoms with E-state index >= 15 is 0 Å². The maximum atomic E-state index is 11.3. The largest absolute Gasteiger partial charge is 0.441 e. The third-order valence-electron chi connectivity index (χ3n) is 4.20. The number of nitrogens with zero attached hydrogens (tertiary/aromatic N) is 2. The summed E-state index contributed by atoms with van der Waals surface area (Å²) in [7, 11) is 0. The Balaban J connectivity index is 0.000000659. The van der Waals surface area contributed by atoms with Gasteiger partial charge in [-0.05, 0) is 48.2 Å². The van der Waals surface area contributed by atoms with Gasteiger partial charge in [0.15, 0.2) is 0 Å². The number of benzene rings is 2. The topological polar surface area (TPSA) is 66.9 Å². The van der Waals surface area contributed by atoms with E-state index in [1.807, 2.05) is 24.3 Å². The molecule has 0 aliphatic heterocycles. The zero-order valence-corrected chi connectivity index (χ0v) is 15.6. The molecule has 1 heterocycles. The maximum Gasteiger partial charge on any atom is 0.226 e. The van der Waals surface area contributed by atoms with E-state index in [9.17, 15) is 10.1 Å². The SMILES string of the molecule is CCC.N#Cc1ccccc1-c1cc(C=O)cc(-c2ncc(C3CC3)o2)c1. The highest BCUT2D eigenvalue weighted by Gasteiger charge is 2.27. The van der Waals surface area contributed by atoms with Gasteiger partial charge in [-0.3, -0.25) is 4.79 Å². The van der Waals surface area contributed by atoms with E-state index in [1.54, 1.807) is 24.4 Å². The van der Waals surface area contributed by atoms with Gasteiger partial charge in [0.2, 0.25) is 5.89 Å². The fourth-order valence-electron chi connectivity index (χ4n) is 2.81. The monoisotopic (exact) mass is 358 g/mol. The molecule has 0 bridgehead atoms. The number of aldehydes is 1. The molecule has 0 radical (unpaired) electrons. The Morgan fingerprint density at radius 2 is 1.89 bits per heavy atom. The highest BCUT2D eigenvalue weighted by atomic mass is 16.4. The van der Waals surface area contributed by atoms with E-state index in [0.717, 1.165) is 41.6 Å². The molecular weight excluding hydrogens is 336 g/mol. The smallest absolute Gasteiger partial charge is 0.226 e. The lowest BCUT2D eigenvalue weighted by atomic mass is 9.96. The van der Waals surface area contributed by atoms with Crippen LogP contribution in [0.3, 0.4) is 0 Å². The lowest BCUT2D eigenvalue weighted by molar-refractivity contribution is 0.112. The van der Waals surface area contributed by atoms with E-state index in [0.29, 0.717) is 22.9 Å². The molecule has 2 aromatic carbocycles. The molecule has 4 heteroatoms. The Kier molecular flexibility index (Phi) is 5.83. The molecule has 1 aromatic heterocycles. The fraction of sp³-hybridized carbons (Fsp3) is 0.261. The molecule has 136 valence electrons. The Bertz CT molecular complexity index is 978. The van der Waals surface area contributed by atoms with Crippen LogP contribution in [0.5, 0.6) is 0 Å². The third-order valence-corrected chi connectivity index (χ3v) is 4.20. The molecule has 0 saturated heterocycles. The molecule has 0 unspecified atom stereocenters. The first-order valence-electron chi connectivity index (χ1n) is 9.26. The number of hydrogen-bond donors (Lipinski definition) is 0. The first kappa shape index (κ1) is 18.6. The molecule has 27 heavy (non-hydrogen) atoms. The van der Waals surface area contributed by atoms with Crippen molar-refractivity contribution in [1.29, 1.82) is 5.26 Å². The zero-order chi connectivity index (χ0) is 19.2. The van der Waals surface area contributed by atoms with E-state index in [4.69, 9.17) is 4.42 Å². The van der Waals surface area contributed by atoms with Gasteiger partial charge in [-0.15, -0.1) is 0 Å². The van der Waals surface area contributed by atoms with Crippen LogP contribution in [0.1, 0.15) is 60.7 Å². The molecule has 3 aromatic rings. The minimum Gasteiger partial charge on any atom is -0.441 e. The number of carbonyl (C=O) groups excluding carboxylic acids is 1. The number of oxazole rings is 1. The summed E-state index contributed by atoms with van der Waals surface area (Å²) in [4.78, 5) is 15.7. The van der Waals surface area contributed by atoms with Crippen molar-refractivity contribution in [3.05, 3.63) is 65.5 Å². The van der Waals surface area contributed by atoms with E-state index in [1.165, 1.54) is 6.42 Å². The summed E-state index contributed by atoms with van der Waals surface area (Å²) in [5.74, 6) is 1.90. The molecule has 0 spiro atoms.